The molecule has 0 radical (unpaired) electrons. The van der Waals surface area contributed by atoms with E-state index in [1.807, 2.05) is 66.7 Å². The van der Waals surface area contributed by atoms with Gasteiger partial charge in [-0.2, -0.15) is 5.10 Å². The molecule has 10 nitrogen and oxygen atoms in total. The molecule has 0 spiro atoms. The van der Waals surface area contributed by atoms with Crippen LogP contribution in [0.15, 0.2) is 114 Å². The Morgan fingerprint density at radius 1 is 0.789 bits per heavy atom. The van der Waals surface area contributed by atoms with Gasteiger partial charge in [0.25, 0.3) is 11.5 Å². The fourth-order valence-electron chi connectivity index (χ4n) is 7.21. The second-order valence-corrected chi connectivity index (χ2v) is 14.8. The van der Waals surface area contributed by atoms with Crippen LogP contribution in [0.25, 0.3) is 31.3 Å². The lowest BCUT2D eigenvalue weighted by molar-refractivity contribution is 0.0615. The van der Waals surface area contributed by atoms with Crippen LogP contribution >= 0.6 is 11.3 Å². The van der Waals surface area contributed by atoms with E-state index >= 15 is 4.39 Å². The van der Waals surface area contributed by atoms with Gasteiger partial charge in [0.2, 0.25) is 0 Å². The summed E-state index contributed by atoms with van der Waals surface area (Å²) < 4.78 is 32.8. The Kier molecular flexibility index (Phi) is 10.8. The molecule has 12 heteroatoms. The van der Waals surface area contributed by atoms with E-state index in [0.29, 0.717) is 73.7 Å². The van der Waals surface area contributed by atoms with Crippen molar-refractivity contribution in [2.75, 3.05) is 53.6 Å². The Morgan fingerprint density at radius 3 is 2.23 bits per heavy atom. The molecule has 1 amide bonds. The summed E-state index contributed by atoms with van der Waals surface area (Å²) >= 11 is 1.55. The van der Waals surface area contributed by atoms with Crippen LogP contribution in [0.3, 0.4) is 0 Å². The van der Waals surface area contributed by atoms with Crippen LogP contribution in [0.5, 0.6) is 17.2 Å². The van der Waals surface area contributed by atoms with Crippen molar-refractivity contribution in [3.05, 3.63) is 153 Å². The number of methoxy groups -OCH3 is 2. The molecule has 0 saturated carbocycles. The summed E-state index contributed by atoms with van der Waals surface area (Å²) in [7, 11) is 3.25. The summed E-state index contributed by atoms with van der Waals surface area (Å²) in [4.78, 5) is 44.6. The first-order chi connectivity index (χ1) is 27.8. The summed E-state index contributed by atoms with van der Waals surface area (Å²) in [6.07, 6.45) is 0.331. The van der Waals surface area contributed by atoms with Crippen molar-refractivity contribution in [2.45, 2.75) is 6.42 Å². The maximum absolute atomic E-state index is 15.0. The number of carbonyl (C=O) groups excluding carboxylic acids is 2. The Balaban J connectivity index is 0.870. The van der Waals surface area contributed by atoms with E-state index < -0.39 is 5.82 Å². The number of hydrogen-bond acceptors (Lipinski definition) is 9. The van der Waals surface area contributed by atoms with Gasteiger partial charge in [0.15, 0.2) is 5.78 Å². The molecular formula is C45H39FN4O6S. The zero-order valence-corrected chi connectivity index (χ0v) is 32.2. The minimum absolute atomic E-state index is 0.0179. The number of hydrogen-bond donors (Lipinski definition) is 1. The monoisotopic (exact) mass is 782 g/mol. The van der Waals surface area contributed by atoms with Crippen molar-refractivity contribution < 1.29 is 28.2 Å². The van der Waals surface area contributed by atoms with Crippen LogP contribution in [0.1, 0.15) is 37.5 Å². The molecule has 3 heterocycles. The van der Waals surface area contributed by atoms with Crippen LogP contribution in [0.2, 0.25) is 0 Å². The lowest BCUT2D eigenvalue weighted by Crippen LogP contribution is -2.49. The molecule has 7 aromatic rings. The van der Waals surface area contributed by atoms with Crippen LogP contribution in [0, 0.1) is 5.82 Å². The van der Waals surface area contributed by atoms with Gasteiger partial charge in [-0.15, -0.1) is 11.3 Å². The molecule has 2 aromatic heterocycles. The molecule has 0 bridgehead atoms. The second kappa shape index (κ2) is 16.4. The molecule has 1 aliphatic rings. The number of aromatic nitrogens is 2. The number of carbonyl (C=O) groups is 2. The van der Waals surface area contributed by atoms with Gasteiger partial charge in [-0.1, -0.05) is 24.3 Å². The van der Waals surface area contributed by atoms with Crippen LogP contribution in [-0.2, 0) is 6.42 Å². The van der Waals surface area contributed by atoms with Gasteiger partial charge in [-0.25, -0.2) is 9.49 Å². The van der Waals surface area contributed by atoms with E-state index in [-0.39, 0.29) is 22.8 Å². The number of piperazine rings is 1. The number of nitrogens with zero attached hydrogens (tertiary/aromatic N) is 3. The maximum Gasteiger partial charge on any atom is 0.272 e. The third kappa shape index (κ3) is 7.87. The smallest absolute Gasteiger partial charge is 0.272 e. The van der Waals surface area contributed by atoms with Crippen LogP contribution < -0.4 is 19.8 Å². The lowest BCUT2D eigenvalue weighted by Gasteiger charge is -2.34. The first-order valence-corrected chi connectivity index (χ1v) is 19.4. The van der Waals surface area contributed by atoms with Gasteiger partial charge < -0.3 is 19.1 Å². The molecule has 5 aromatic carbocycles. The molecule has 1 fully saturated rings. The molecule has 0 aliphatic carbocycles. The molecule has 0 unspecified atom stereocenters. The topological polar surface area (TPSA) is 114 Å². The zero-order valence-electron chi connectivity index (χ0n) is 31.4. The first kappa shape index (κ1) is 37.5. The summed E-state index contributed by atoms with van der Waals surface area (Å²) in [5.41, 5.74) is 3.23. The predicted octanol–water partition coefficient (Wildman–Crippen LogP) is 7.62. The van der Waals surface area contributed by atoms with Crippen LogP contribution in [-0.4, -0.2) is 85.2 Å². The SMILES string of the molecule is COc1ccc(-c2sc3cc(OC)ccc3c2C(=O)c2ccc(OCCN3CCN(C(=O)c4cc(Cc5n[nH]c(=O)c6ccccc56)ccc4F)CC3)cc2)cc1. The molecule has 1 N–H and O–H groups in total. The number of halogens is 1. The average Bonchev–Trinajstić information content (AvgIpc) is 3.64. The van der Waals surface area contributed by atoms with E-state index in [0.717, 1.165) is 43.0 Å². The third-order valence-electron chi connectivity index (χ3n) is 10.3. The molecule has 0 atom stereocenters. The quantitative estimate of drug-likeness (QED) is 0.126. The standard InChI is InChI=1S/C45H39FN4O6S/c1-54-31-12-10-30(11-13-31)43-41(36-17-16-33(55-2)27-40(36)57-43)42(51)29-8-14-32(15-9-29)56-24-23-49-19-21-50(22-20-49)45(53)37-25-28(7-18-38(37)46)26-39-34-5-3-4-6-35(34)44(52)48-47-39/h3-18,25,27H,19-24,26H2,1-2H3,(H,48,52). The molecule has 8 rings (SSSR count). The summed E-state index contributed by atoms with van der Waals surface area (Å²) in [5.74, 6) is 1.10. The van der Waals surface area contributed by atoms with Crippen molar-refractivity contribution in [3.63, 3.8) is 0 Å². The number of ketones is 1. The van der Waals surface area contributed by atoms with Crippen molar-refractivity contribution in [2.24, 2.45) is 0 Å². The summed E-state index contributed by atoms with van der Waals surface area (Å²) in [5, 5.41) is 8.87. The lowest BCUT2D eigenvalue weighted by atomic mass is 9.97. The number of ether oxygens (including phenoxy) is 3. The normalized spacial score (nSPS) is 13.2. The van der Waals surface area contributed by atoms with Crippen molar-refractivity contribution in [3.8, 4) is 27.7 Å². The van der Waals surface area contributed by atoms with E-state index in [2.05, 4.69) is 15.1 Å². The molecule has 288 valence electrons. The van der Waals surface area contributed by atoms with Gasteiger partial charge >= 0.3 is 0 Å². The van der Waals surface area contributed by atoms with Gasteiger partial charge in [0.1, 0.15) is 29.7 Å². The van der Waals surface area contributed by atoms with Crippen LogP contribution in [0.4, 0.5) is 4.39 Å². The zero-order chi connectivity index (χ0) is 39.5. The Labute approximate surface area is 332 Å². The van der Waals surface area contributed by atoms with Gasteiger partial charge in [-0.05, 0) is 96.1 Å². The highest BCUT2D eigenvalue weighted by Gasteiger charge is 2.25. The fourth-order valence-corrected chi connectivity index (χ4v) is 8.44. The Hall–Kier alpha value is -6.37. The number of thiophene rings is 1. The number of H-pyrrole nitrogens is 1. The van der Waals surface area contributed by atoms with Gasteiger partial charge in [0.05, 0.1) is 30.9 Å². The minimum atomic E-state index is -0.575. The highest BCUT2D eigenvalue weighted by molar-refractivity contribution is 7.22. The Morgan fingerprint density at radius 2 is 1.49 bits per heavy atom. The van der Waals surface area contributed by atoms with E-state index in [1.54, 1.807) is 66.9 Å². The van der Waals surface area contributed by atoms with E-state index in [4.69, 9.17) is 14.2 Å². The molecular weight excluding hydrogens is 744 g/mol. The van der Waals surface area contributed by atoms with Crippen molar-refractivity contribution >= 4 is 43.9 Å². The fraction of sp³-hybridized carbons (Fsp3) is 0.200. The van der Waals surface area contributed by atoms with E-state index in [1.165, 1.54) is 6.07 Å². The third-order valence-corrected chi connectivity index (χ3v) is 11.5. The number of benzene rings is 5. The molecule has 1 aliphatic heterocycles. The number of aromatic amines is 1. The predicted molar refractivity (Wildman–Crippen MR) is 220 cm³/mol. The maximum atomic E-state index is 15.0. The highest BCUT2D eigenvalue weighted by Crippen LogP contribution is 2.41. The summed E-state index contributed by atoms with van der Waals surface area (Å²) in [6, 6.07) is 32.4. The number of amides is 1. The largest absolute Gasteiger partial charge is 0.497 e. The van der Waals surface area contributed by atoms with E-state index in [9.17, 15) is 14.4 Å². The molecule has 1 saturated heterocycles. The number of fused-ring (bicyclic) bond motifs is 2. The van der Waals surface area contributed by atoms with Crippen molar-refractivity contribution in [1.29, 1.82) is 0 Å². The average molecular weight is 783 g/mol. The number of nitrogens with one attached hydrogen (secondary N) is 1. The van der Waals surface area contributed by atoms with Crippen molar-refractivity contribution in [1.82, 2.24) is 20.0 Å². The second-order valence-electron chi connectivity index (χ2n) is 13.8. The number of rotatable bonds is 12. The minimum Gasteiger partial charge on any atom is -0.497 e. The first-order valence-electron chi connectivity index (χ1n) is 18.6. The van der Waals surface area contributed by atoms with Gasteiger partial charge in [0, 0.05) is 70.6 Å². The Bertz CT molecular complexity index is 2650. The highest BCUT2D eigenvalue weighted by atomic mass is 32.1. The molecule has 57 heavy (non-hydrogen) atoms. The van der Waals surface area contributed by atoms with Gasteiger partial charge in [-0.3, -0.25) is 19.3 Å². The summed E-state index contributed by atoms with van der Waals surface area (Å²) in [6.45, 7) is 3.20.